The smallest absolute Gasteiger partial charge is 0.253 e. The number of carbonyl (C=O) groups excluding carboxylic acids is 1. The molecule has 23 heavy (non-hydrogen) atoms. The first kappa shape index (κ1) is 18.0. The van der Waals surface area contributed by atoms with E-state index in [9.17, 15) is 4.79 Å². The highest BCUT2D eigenvalue weighted by Crippen LogP contribution is 2.14. The van der Waals surface area contributed by atoms with Gasteiger partial charge in [-0.15, -0.1) is 24.0 Å². The zero-order valence-corrected chi connectivity index (χ0v) is 16.0. The van der Waals surface area contributed by atoms with Gasteiger partial charge in [0, 0.05) is 38.8 Å². The second-order valence-corrected chi connectivity index (χ2v) is 6.03. The molecule has 1 N–H and O–H groups in total. The minimum Gasteiger partial charge on any atom is -0.352 e. The van der Waals surface area contributed by atoms with E-state index in [1.54, 1.807) is 0 Å². The number of nitrogens with zero attached hydrogens (tertiary/aromatic N) is 3. The maximum atomic E-state index is 12.4. The Bertz CT molecular complexity index is 552. The van der Waals surface area contributed by atoms with Crippen molar-refractivity contribution in [3.05, 3.63) is 35.4 Å². The number of guanidine groups is 1. The molecule has 126 valence electrons. The molecule has 0 unspecified atom stereocenters. The molecule has 1 fully saturated rings. The van der Waals surface area contributed by atoms with Gasteiger partial charge in [0.15, 0.2) is 5.96 Å². The molecule has 2 aliphatic heterocycles. The van der Waals surface area contributed by atoms with Gasteiger partial charge in [0.25, 0.3) is 5.91 Å². The monoisotopic (exact) mass is 428 g/mol. The summed E-state index contributed by atoms with van der Waals surface area (Å²) >= 11 is 0. The van der Waals surface area contributed by atoms with E-state index < -0.39 is 0 Å². The van der Waals surface area contributed by atoms with E-state index >= 15 is 0 Å². The third-order valence-electron chi connectivity index (χ3n) is 4.35. The van der Waals surface area contributed by atoms with Crippen molar-refractivity contribution in [1.82, 2.24) is 15.1 Å². The van der Waals surface area contributed by atoms with Gasteiger partial charge in [0.05, 0.1) is 6.54 Å². The molecule has 1 amide bonds. The third kappa shape index (κ3) is 4.59. The van der Waals surface area contributed by atoms with Gasteiger partial charge in [0.2, 0.25) is 0 Å². The standard InChI is InChI=1S/C17H24N4O.HI/c1-20-12-9-18-17(20)19-13-14-5-7-15(8-6-14)16(22)21-10-3-2-4-11-21;/h5-8H,2-4,9-13H2,1H3,(H,18,19);1H. The number of piperidine rings is 1. The molecule has 0 atom stereocenters. The second-order valence-electron chi connectivity index (χ2n) is 6.03. The van der Waals surface area contributed by atoms with Crippen molar-refractivity contribution in [3.63, 3.8) is 0 Å². The lowest BCUT2D eigenvalue weighted by molar-refractivity contribution is 0.0724. The Balaban J connectivity index is 0.00000192. The van der Waals surface area contributed by atoms with Gasteiger partial charge in [-0.1, -0.05) is 12.1 Å². The predicted molar refractivity (Wildman–Crippen MR) is 103 cm³/mol. The molecule has 0 radical (unpaired) electrons. The van der Waals surface area contributed by atoms with Crippen LogP contribution in [0.3, 0.4) is 0 Å². The summed E-state index contributed by atoms with van der Waals surface area (Å²) in [5.41, 5.74) is 1.96. The van der Waals surface area contributed by atoms with Gasteiger partial charge in [-0.05, 0) is 37.0 Å². The molecule has 6 heteroatoms. The Morgan fingerprint density at radius 1 is 1.13 bits per heavy atom. The molecule has 0 aromatic heterocycles. The fraction of sp³-hybridized carbons (Fsp3) is 0.529. The second kappa shape index (κ2) is 8.52. The van der Waals surface area contributed by atoms with Crippen LogP contribution >= 0.6 is 24.0 Å². The van der Waals surface area contributed by atoms with Crippen molar-refractivity contribution >= 4 is 35.8 Å². The Hall–Kier alpha value is -1.31. The summed E-state index contributed by atoms with van der Waals surface area (Å²) in [6, 6.07) is 7.93. The minimum absolute atomic E-state index is 0. The van der Waals surface area contributed by atoms with E-state index in [1.807, 2.05) is 36.2 Å². The highest BCUT2D eigenvalue weighted by Gasteiger charge is 2.18. The molecule has 1 aromatic rings. The van der Waals surface area contributed by atoms with E-state index in [4.69, 9.17) is 0 Å². The zero-order chi connectivity index (χ0) is 15.4. The molecule has 1 aromatic carbocycles. The number of likely N-dealkylation sites (N-methyl/N-ethyl adjacent to an activating group) is 1. The Labute approximate surface area is 155 Å². The lowest BCUT2D eigenvalue weighted by Gasteiger charge is -2.26. The summed E-state index contributed by atoms with van der Waals surface area (Å²) in [6.07, 6.45) is 3.50. The molecule has 0 saturated carbocycles. The molecule has 2 aliphatic rings. The molecule has 2 heterocycles. The van der Waals surface area contributed by atoms with Crippen molar-refractivity contribution in [1.29, 1.82) is 0 Å². The summed E-state index contributed by atoms with van der Waals surface area (Å²) < 4.78 is 0. The van der Waals surface area contributed by atoms with Gasteiger partial charge in [-0.2, -0.15) is 0 Å². The molecule has 1 saturated heterocycles. The van der Waals surface area contributed by atoms with Crippen LogP contribution in [0, 0.1) is 0 Å². The summed E-state index contributed by atoms with van der Waals surface area (Å²) in [4.78, 5) is 20.9. The van der Waals surface area contributed by atoms with Gasteiger partial charge in [0.1, 0.15) is 0 Å². The van der Waals surface area contributed by atoms with E-state index in [2.05, 4.69) is 15.2 Å². The number of hydrogen-bond acceptors (Lipinski definition) is 4. The zero-order valence-electron chi connectivity index (χ0n) is 13.6. The van der Waals surface area contributed by atoms with Crippen molar-refractivity contribution in [3.8, 4) is 0 Å². The summed E-state index contributed by atoms with van der Waals surface area (Å²) in [7, 11) is 2.04. The Kier molecular flexibility index (Phi) is 6.68. The maximum absolute atomic E-state index is 12.4. The number of likely N-dealkylation sites (tertiary alicyclic amines) is 1. The normalized spacial score (nSPS) is 17.5. The largest absolute Gasteiger partial charge is 0.352 e. The number of benzene rings is 1. The lowest BCUT2D eigenvalue weighted by atomic mass is 10.1. The van der Waals surface area contributed by atoms with Crippen LogP contribution in [0.5, 0.6) is 0 Å². The number of halogens is 1. The number of amides is 1. The molecule has 0 aliphatic carbocycles. The summed E-state index contributed by atoms with van der Waals surface area (Å²) in [5.74, 6) is 1.12. The summed E-state index contributed by atoms with van der Waals surface area (Å²) in [6.45, 7) is 4.37. The van der Waals surface area contributed by atoms with Crippen molar-refractivity contribution in [2.24, 2.45) is 4.99 Å². The Morgan fingerprint density at radius 2 is 1.83 bits per heavy atom. The first-order valence-corrected chi connectivity index (χ1v) is 8.12. The Morgan fingerprint density at radius 3 is 2.43 bits per heavy atom. The van der Waals surface area contributed by atoms with Crippen LogP contribution in [0.2, 0.25) is 0 Å². The average molecular weight is 428 g/mol. The number of aliphatic imine (C=N–C) groups is 1. The lowest BCUT2D eigenvalue weighted by Crippen LogP contribution is -2.35. The quantitative estimate of drug-likeness (QED) is 0.752. The van der Waals surface area contributed by atoms with Gasteiger partial charge in [-0.3, -0.25) is 9.79 Å². The third-order valence-corrected chi connectivity index (χ3v) is 4.35. The first-order valence-electron chi connectivity index (χ1n) is 8.12. The molecular weight excluding hydrogens is 403 g/mol. The van der Waals surface area contributed by atoms with Crippen molar-refractivity contribution in [2.75, 3.05) is 33.2 Å². The molecule has 3 rings (SSSR count). The van der Waals surface area contributed by atoms with E-state index in [1.165, 1.54) is 6.42 Å². The highest BCUT2D eigenvalue weighted by molar-refractivity contribution is 14.0. The van der Waals surface area contributed by atoms with Crippen LogP contribution < -0.4 is 5.32 Å². The van der Waals surface area contributed by atoms with Crippen molar-refractivity contribution < 1.29 is 4.79 Å². The van der Waals surface area contributed by atoms with Crippen molar-refractivity contribution in [2.45, 2.75) is 25.8 Å². The van der Waals surface area contributed by atoms with Gasteiger partial charge >= 0.3 is 0 Å². The van der Waals surface area contributed by atoms with Crippen LogP contribution in [0.25, 0.3) is 0 Å². The fourth-order valence-electron chi connectivity index (χ4n) is 2.95. The number of rotatable bonds is 3. The van der Waals surface area contributed by atoms with Crippen LogP contribution in [0.1, 0.15) is 35.2 Å². The van der Waals surface area contributed by atoms with E-state index in [0.29, 0.717) is 0 Å². The molecular formula is C17H25IN4O. The van der Waals surface area contributed by atoms with E-state index in [-0.39, 0.29) is 29.9 Å². The topological polar surface area (TPSA) is 47.9 Å². The fourth-order valence-corrected chi connectivity index (χ4v) is 2.95. The average Bonchev–Trinajstić information content (AvgIpc) is 2.99. The highest BCUT2D eigenvalue weighted by atomic mass is 127. The maximum Gasteiger partial charge on any atom is 0.253 e. The minimum atomic E-state index is 0. The first-order chi connectivity index (χ1) is 10.7. The molecule has 0 spiro atoms. The number of nitrogens with one attached hydrogen (secondary N) is 1. The van der Waals surface area contributed by atoms with Crippen LogP contribution in [0.4, 0.5) is 0 Å². The molecule has 5 nitrogen and oxygen atoms in total. The van der Waals surface area contributed by atoms with Crippen LogP contribution in [0.15, 0.2) is 29.3 Å². The SMILES string of the molecule is CN1CCN=C1NCc1ccc(C(=O)N2CCCCC2)cc1.I. The van der Waals surface area contributed by atoms with E-state index in [0.717, 1.165) is 62.7 Å². The van der Waals surface area contributed by atoms with Gasteiger partial charge in [-0.25, -0.2) is 0 Å². The van der Waals surface area contributed by atoms with Crippen LogP contribution in [-0.4, -0.2) is 54.9 Å². The molecule has 0 bridgehead atoms. The van der Waals surface area contributed by atoms with Gasteiger partial charge < -0.3 is 15.1 Å². The number of carbonyl (C=O) groups is 1. The predicted octanol–water partition coefficient (Wildman–Crippen LogP) is 2.32. The van der Waals surface area contributed by atoms with Crippen LogP contribution in [-0.2, 0) is 6.54 Å². The number of hydrogen-bond donors (Lipinski definition) is 1. The summed E-state index contributed by atoms with van der Waals surface area (Å²) in [5, 5.41) is 3.34.